The summed E-state index contributed by atoms with van der Waals surface area (Å²) >= 11 is 6.21. The van der Waals surface area contributed by atoms with Gasteiger partial charge in [0.2, 0.25) is 5.88 Å². The van der Waals surface area contributed by atoms with E-state index in [0.717, 1.165) is 11.1 Å². The van der Waals surface area contributed by atoms with Crippen LogP contribution in [0.25, 0.3) is 0 Å². The van der Waals surface area contributed by atoms with Crippen LogP contribution in [0.5, 0.6) is 11.6 Å². The SMILES string of the molecule is Cc1cc(Cl)c(C(C)C)cc1Oc1cncc(C(=O)O)n1. The standard InChI is InChI=1S/C15H15ClN2O3/c1-8(2)10-5-13(9(3)4-11(10)16)21-14-7-17-6-12(18-14)15(19)20/h4-8H,1-3H3,(H,19,20). The van der Waals surface area contributed by atoms with Crippen LogP contribution < -0.4 is 4.74 Å². The third-order valence-electron chi connectivity index (χ3n) is 2.96. The van der Waals surface area contributed by atoms with Crippen LogP contribution in [0.2, 0.25) is 5.02 Å². The van der Waals surface area contributed by atoms with Gasteiger partial charge in [0, 0.05) is 5.02 Å². The van der Waals surface area contributed by atoms with Gasteiger partial charge in [-0.3, -0.25) is 4.98 Å². The van der Waals surface area contributed by atoms with Crippen LogP contribution in [0.15, 0.2) is 24.5 Å². The number of rotatable bonds is 4. The van der Waals surface area contributed by atoms with Gasteiger partial charge in [0.1, 0.15) is 5.75 Å². The zero-order valence-electron chi connectivity index (χ0n) is 11.9. The third-order valence-corrected chi connectivity index (χ3v) is 3.29. The molecule has 0 bridgehead atoms. The van der Waals surface area contributed by atoms with Crippen LogP contribution in [0.3, 0.4) is 0 Å². The van der Waals surface area contributed by atoms with E-state index in [2.05, 4.69) is 9.97 Å². The average molecular weight is 307 g/mol. The summed E-state index contributed by atoms with van der Waals surface area (Å²) in [6, 6.07) is 3.66. The molecule has 2 rings (SSSR count). The molecule has 0 fully saturated rings. The second kappa shape index (κ2) is 6.10. The molecule has 2 aromatic rings. The number of aromatic nitrogens is 2. The molecule has 6 heteroatoms. The molecule has 21 heavy (non-hydrogen) atoms. The summed E-state index contributed by atoms with van der Waals surface area (Å²) in [5.74, 6) is -0.185. The fourth-order valence-electron chi connectivity index (χ4n) is 1.83. The van der Waals surface area contributed by atoms with Crippen molar-refractivity contribution in [3.63, 3.8) is 0 Å². The van der Waals surface area contributed by atoms with E-state index in [4.69, 9.17) is 21.4 Å². The van der Waals surface area contributed by atoms with Crippen molar-refractivity contribution in [3.05, 3.63) is 46.4 Å². The topological polar surface area (TPSA) is 72.3 Å². The Labute approximate surface area is 127 Å². The molecule has 0 saturated heterocycles. The fraction of sp³-hybridized carbons (Fsp3) is 0.267. The quantitative estimate of drug-likeness (QED) is 0.922. The minimum Gasteiger partial charge on any atom is -0.476 e. The van der Waals surface area contributed by atoms with Gasteiger partial charge in [-0.2, -0.15) is 0 Å². The van der Waals surface area contributed by atoms with Crippen molar-refractivity contribution < 1.29 is 14.6 Å². The highest BCUT2D eigenvalue weighted by atomic mass is 35.5. The number of hydrogen-bond acceptors (Lipinski definition) is 4. The summed E-state index contributed by atoms with van der Waals surface area (Å²) in [6.07, 6.45) is 2.54. The number of aryl methyl sites for hydroxylation is 1. The zero-order valence-corrected chi connectivity index (χ0v) is 12.7. The number of carboxylic acid groups (broad SMARTS) is 1. The van der Waals surface area contributed by atoms with Gasteiger partial charge in [0.25, 0.3) is 0 Å². The van der Waals surface area contributed by atoms with E-state index >= 15 is 0 Å². The predicted molar refractivity (Wildman–Crippen MR) is 79.3 cm³/mol. The molecule has 110 valence electrons. The first-order valence-electron chi connectivity index (χ1n) is 6.41. The normalized spacial score (nSPS) is 10.7. The molecule has 5 nitrogen and oxygen atoms in total. The van der Waals surface area contributed by atoms with E-state index in [-0.39, 0.29) is 17.5 Å². The molecule has 0 unspecified atom stereocenters. The van der Waals surface area contributed by atoms with Crippen LogP contribution in [0, 0.1) is 6.92 Å². The highest BCUT2D eigenvalue weighted by molar-refractivity contribution is 6.31. The summed E-state index contributed by atoms with van der Waals surface area (Å²) in [4.78, 5) is 18.6. The number of ether oxygens (including phenoxy) is 1. The first-order valence-corrected chi connectivity index (χ1v) is 6.79. The van der Waals surface area contributed by atoms with E-state index in [0.29, 0.717) is 10.8 Å². The maximum atomic E-state index is 10.9. The van der Waals surface area contributed by atoms with Crippen LogP contribution in [-0.4, -0.2) is 21.0 Å². The summed E-state index contributed by atoms with van der Waals surface area (Å²) in [5, 5.41) is 9.59. The Balaban J connectivity index is 2.37. The second-order valence-electron chi connectivity index (χ2n) is 4.94. The van der Waals surface area contributed by atoms with E-state index in [1.165, 1.54) is 12.4 Å². The van der Waals surface area contributed by atoms with E-state index < -0.39 is 5.97 Å². The Kier molecular flexibility index (Phi) is 4.43. The van der Waals surface area contributed by atoms with Gasteiger partial charge in [-0.25, -0.2) is 9.78 Å². The Hall–Kier alpha value is -2.14. The lowest BCUT2D eigenvalue weighted by molar-refractivity contribution is 0.0689. The van der Waals surface area contributed by atoms with Crippen molar-refractivity contribution in [3.8, 4) is 11.6 Å². The molecule has 0 aliphatic heterocycles. The minimum absolute atomic E-state index is 0.134. The van der Waals surface area contributed by atoms with Crippen molar-refractivity contribution in [1.29, 1.82) is 0 Å². The van der Waals surface area contributed by atoms with Crippen molar-refractivity contribution in [2.75, 3.05) is 0 Å². The zero-order chi connectivity index (χ0) is 15.6. The monoisotopic (exact) mass is 306 g/mol. The lowest BCUT2D eigenvalue weighted by atomic mass is 10.0. The van der Waals surface area contributed by atoms with Crippen LogP contribution in [-0.2, 0) is 0 Å². The molecule has 1 N–H and O–H groups in total. The van der Waals surface area contributed by atoms with Gasteiger partial charge in [-0.05, 0) is 36.1 Å². The Morgan fingerprint density at radius 2 is 2.05 bits per heavy atom. The number of benzene rings is 1. The molecule has 0 amide bonds. The fourth-order valence-corrected chi connectivity index (χ4v) is 2.27. The first kappa shape index (κ1) is 15.3. The molecule has 0 aliphatic rings. The molecule has 0 radical (unpaired) electrons. The summed E-state index contributed by atoms with van der Waals surface area (Å²) in [7, 11) is 0. The van der Waals surface area contributed by atoms with Crippen molar-refractivity contribution in [2.45, 2.75) is 26.7 Å². The highest BCUT2D eigenvalue weighted by Gasteiger charge is 2.12. The van der Waals surface area contributed by atoms with Gasteiger partial charge in [-0.1, -0.05) is 25.4 Å². The summed E-state index contributed by atoms with van der Waals surface area (Å²) in [6.45, 7) is 5.93. The number of aromatic carboxylic acids is 1. The van der Waals surface area contributed by atoms with Crippen molar-refractivity contribution in [2.24, 2.45) is 0 Å². The largest absolute Gasteiger partial charge is 0.476 e. The Morgan fingerprint density at radius 1 is 1.33 bits per heavy atom. The smallest absolute Gasteiger partial charge is 0.356 e. The Bertz CT molecular complexity index is 687. The highest BCUT2D eigenvalue weighted by Crippen LogP contribution is 2.33. The molecule has 1 aromatic heterocycles. The summed E-state index contributed by atoms with van der Waals surface area (Å²) in [5.41, 5.74) is 1.63. The summed E-state index contributed by atoms with van der Waals surface area (Å²) < 4.78 is 5.65. The third kappa shape index (κ3) is 3.49. The van der Waals surface area contributed by atoms with E-state index in [1.54, 1.807) is 0 Å². The predicted octanol–water partition coefficient (Wildman–Crippen LogP) is 4.05. The van der Waals surface area contributed by atoms with Crippen LogP contribution in [0.1, 0.15) is 41.4 Å². The maximum absolute atomic E-state index is 10.9. The molecule has 0 aliphatic carbocycles. The molecular weight excluding hydrogens is 292 g/mol. The van der Waals surface area contributed by atoms with Crippen molar-refractivity contribution in [1.82, 2.24) is 9.97 Å². The number of carbonyl (C=O) groups is 1. The van der Waals surface area contributed by atoms with Crippen LogP contribution in [0.4, 0.5) is 0 Å². The number of halogens is 1. The number of nitrogens with zero attached hydrogens (tertiary/aromatic N) is 2. The first-order chi connectivity index (χ1) is 9.88. The average Bonchev–Trinajstić information content (AvgIpc) is 2.41. The molecule has 1 heterocycles. The lowest BCUT2D eigenvalue weighted by Crippen LogP contribution is -2.03. The minimum atomic E-state index is -1.15. The van der Waals surface area contributed by atoms with Gasteiger partial charge in [0.05, 0.1) is 12.4 Å². The molecule has 0 spiro atoms. The van der Waals surface area contributed by atoms with Crippen LogP contribution >= 0.6 is 11.6 Å². The van der Waals surface area contributed by atoms with Crippen molar-refractivity contribution >= 4 is 17.6 Å². The van der Waals surface area contributed by atoms with Gasteiger partial charge >= 0.3 is 5.97 Å². The van der Waals surface area contributed by atoms with Gasteiger partial charge in [-0.15, -0.1) is 0 Å². The lowest BCUT2D eigenvalue weighted by Gasteiger charge is -2.14. The van der Waals surface area contributed by atoms with E-state index in [1.807, 2.05) is 32.9 Å². The molecule has 0 saturated carbocycles. The van der Waals surface area contributed by atoms with E-state index in [9.17, 15) is 4.79 Å². The maximum Gasteiger partial charge on any atom is 0.356 e. The second-order valence-corrected chi connectivity index (χ2v) is 5.35. The number of carboxylic acids is 1. The number of hydrogen-bond donors (Lipinski definition) is 1. The van der Waals surface area contributed by atoms with Gasteiger partial charge in [0.15, 0.2) is 5.69 Å². The molecular formula is C15H15ClN2O3. The van der Waals surface area contributed by atoms with Gasteiger partial charge < -0.3 is 9.84 Å². The molecule has 0 atom stereocenters. The molecule has 1 aromatic carbocycles. The Morgan fingerprint density at radius 3 is 2.67 bits per heavy atom.